The fraction of sp³-hybridized carbons (Fsp3) is 0.0455. The zero-order valence-electron chi connectivity index (χ0n) is 15.1. The number of rotatable bonds is 5. The molecule has 0 saturated heterocycles. The van der Waals surface area contributed by atoms with Crippen LogP contribution in [0.2, 0.25) is 10.0 Å². The second-order valence-electron chi connectivity index (χ2n) is 6.35. The van der Waals surface area contributed by atoms with Crippen molar-refractivity contribution in [2.75, 3.05) is 5.32 Å². The van der Waals surface area contributed by atoms with Crippen molar-refractivity contribution in [1.82, 2.24) is 9.97 Å². The van der Waals surface area contributed by atoms with Crippen LogP contribution in [0.3, 0.4) is 0 Å². The number of aromatic nitrogens is 2. The monoisotopic (exact) mass is 423 g/mol. The van der Waals surface area contributed by atoms with E-state index in [9.17, 15) is 4.79 Å². The topological polar surface area (TPSA) is 68.0 Å². The number of amides is 1. The molecule has 4 rings (SSSR count). The summed E-state index contributed by atoms with van der Waals surface area (Å²) in [5.74, 6) is -0.0663. The number of carbonyl (C=O) groups is 1. The summed E-state index contributed by atoms with van der Waals surface area (Å²) >= 11 is 11.9. The van der Waals surface area contributed by atoms with Gasteiger partial charge in [-0.25, -0.2) is 4.98 Å². The van der Waals surface area contributed by atoms with Crippen molar-refractivity contribution in [3.8, 4) is 11.5 Å². The van der Waals surface area contributed by atoms with Gasteiger partial charge < -0.3 is 9.73 Å². The van der Waals surface area contributed by atoms with Gasteiger partial charge in [-0.1, -0.05) is 35.3 Å². The summed E-state index contributed by atoms with van der Waals surface area (Å²) in [5, 5.41) is 3.64. The first-order chi connectivity index (χ1) is 14.1. The summed E-state index contributed by atoms with van der Waals surface area (Å²) in [6.45, 7) is 0. The molecule has 0 unspecified atom stereocenters. The number of hydrogen-bond acceptors (Lipinski definition) is 4. The highest BCUT2D eigenvalue weighted by molar-refractivity contribution is 6.42. The third-order valence-electron chi connectivity index (χ3n) is 4.27. The maximum atomic E-state index is 12.5. The molecule has 2 aromatic heterocycles. The summed E-state index contributed by atoms with van der Waals surface area (Å²) in [4.78, 5) is 20.7. The average Bonchev–Trinajstić information content (AvgIpc) is 3.23. The Morgan fingerprint density at radius 1 is 0.931 bits per heavy atom. The Morgan fingerprint density at radius 3 is 2.38 bits per heavy atom. The summed E-state index contributed by atoms with van der Waals surface area (Å²) in [7, 11) is 0. The van der Waals surface area contributed by atoms with Crippen LogP contribution in [0.1, 0.15) is 21.6 Å². The second-order valence-corrected chi connectivity index (χ2v) is 7.16. The molecule has 0 atom stereocenters. The van der Waals surface area contributed by atoms with Crippen LogP contribution < -0.4 is 5.32 Å². The molecule has 2 heterocycles. The summed E-state index contributed by atoms with van der Waals surface area (Å²) in [6.07, 6.45) is 5.65. The standard InChI is InChI=1S/C22H15Cl2N3O2/c23-18-6-3-16(12-19(18)24)22-27-20(13-29-22)21(28)26-17-4-1-14(2-5-17)11-15-7-9-25-10-8-15/h1-10,12-13H,11H2,(H,26,28). The normalized spacial score (nSPS) is 10.7. The molecule has 0 bridgehead atoms. The van der Waals surface area contributed by atoms with E-state index in [1.165, 1.54) is 11.8 Å². The van der Waals surface area contributed by atoms with Gasteiger partial charge in [-0.2, -0.15) is 0 Å². The maximum absolute atomic E-state index is 12.5. The minimum atomic E-state index is -0.359. The second kappa shape index (κ2) is 8.47. The highest BCUT2D eigenvalue weighted by atomic mass is 35.5. The van der Waals surface area contributed by atoms with Crippen molar-refractivity contribution in [2.45, 2.75) is 6.42 Å². The van der Waals surface area contributed by atoms with E-state index in [-0.39, 0.29) is 11.6 Å². The molecule has 0 aliphatic carbocycles. The van der Waals surface area contributed by atoms with Crippen molar-refractivity contribution in [1.29, 1.82) is 0 Å². The maximum Gasteiger partial charge on any atom is 0.277 e. The molecule has 1 amide bonds. The minimum Gasteiger partial charge on any atom is -0.444 e. The number of pyridine rings is 1. The summed E-state index contributed by atoms with van der Waals surface area (Å²) in [6, 6.07) is 16.6. The van der Waals surface area contributed by atoms with E-state index < -0.39 is 0 Å². The fourth-order valence-electron chi connectivity index (χ4n) is 2.78. The van der Waals surface area contributed by atoms with Crippen LogP contribution in [0, 0.1) is 0 Å². The molecule has 0 aliphatic heterocycles. The van der Waals surface area contributed by atoms with Crippen LogP contribution >= 0.6 is 23.2 Å². The van der Waals surface area contributed by atoms with Gasteiger partial charge in [0.15, 0.2) is 5.69 Å². The highest BCUT2D eigenvalue weighted by Crippen LogP contribution is 2.28. The lowest BCUT2D eigenvalue weighted by atomic mass is 10.1. The molecule has 144 valence electrons. The molecule has 0 saturated carbocycles. The Kier molecular flexibility index (Phi) is 5.60. The molecular formula is C22H15Cl2N3O2. The Morgan fingerprint density at radius 2 is 1.66 bits per heavy atom. The number of halogens is 2. The molecule has 5 nitrogen and oxygen atoms in total. The van der Waals surface area contributed by atoms with Gasteiger partial charge in [-0.15, -0.1) is 0 Å². The number of oxazole rings is 1. The van der Waals surface area contributed by atoms with Crippen molar-refractivity contribution < 1.29 is 9.21 Å². The molecule has 0 radical (unpaired) electrons. The zero-order chi connectivity index (χ0) is 20.2. The number of carbonyl (C=O) groups excluding carboxylic acids is 1. The van der Waals surface area contributed by atoms with E-state index in [1.807, 2.05) is 36.4 Å². The van der Waals surface area contributed by atoms with Gasteiger partial charge in [0.05, 0.1) is 10.0 Å². The Bertz CT molecular complexity index is 1140. The van der Waals surface area contributed by atoms with E-state index in [0.29, 0.717) is 27.2 Å². The van der Waals surface area contributed by atoms with Crippen molar-refractivity contribution >= 4 is 34.8 Å². The Labute approximate surface area is 177 Å². The summed E-state index contributed by atoms with van der Waals surface area (Å²) < 4.78 is 5.41. The van der Waals surface area contributed by atoms with E-state index in [0.717, 1.165) is 12.0 Å². The van der Waals surface area contributed by atoms with Gasteiger partial charge in [0.2, 0.25) is 5.89 Å². The SMILES string of the molecule is O=C(Nc1ccc(Cc2ccncc2)cc1)c1coc(-c2ccc(Cl)c(Cl)c2)n1. The smallest absolute Gasteiger partial charge is 0.277 e. The lowest BCUT2D eigenvalue weighted by molar-refractivity contribution is 0.102. The van der Waals surface area contributed by atoms with Gasteiger partial charge >= 0.3 is 0 Å². The Balaban J connectivity index is 1.43. The largest absolute Gasteiger partial charge is 0.444 e. The zero-order valence-corrected chi connectivity index (χ0v) is 16.6. The highest BCUT2D eigenvalue weighted by Gasteiger charge is 2.14. The molecule has 0 fully saturated rings. The molecule has 4 aromatic rings. The number of nitrogens with one attached hydrogen (secondary N) is 1. The van der Waals surface area contributed by atoms with Crippen molar-refractivity contribution in [3.05, 3.63) is 100 Å². The molecule has 0 spiro atoms. The van der Waals surface area contributed by atoms with Crippen molar-refractivity contribution in [3.63, 3.8) is 0 Å². The first-order valence-corrected chi connectivity index (χ1v) is 9.54. The lowest BCUT2D eigenvalue weighted by Gasteiger charge is -2.05. The summed E-state index contributed by atoms with van der Waals surface area (Å²) in [5.41, 5.74) is 3.80. The first-order valence-electron chi connectivity index (χ1n) is 8.78. The van der Waals surface area contributed by atoms with Gasteiger partial charge in [-0.05, 0) is 60.0 Å². The van der Waals surface area contributed by atoms with Crippen LogP contribution in [0.5, 0.6) is 0 Å². The van der Waals surface area contributed by atoms with Gasteiger partial charge in [-0.3, -0.25) is 9.78 Å². The number of anilines is 1. The molecule has 0 aliphatic rings. The average molecular weight is 424 g/mol. The van der Waals surface area contributed by atoms with E-state index in [2.05, 4.69) is 15.3 Å². The predicted octanol–water partition coefficient (Wildman–Crippen LogP) is 5.89. The minimum absolute atomic E-state index is 0.173. The van der Waals surface area contributed by atoms with E-state index in [4.69, 9.17) is 27.6 Å². The lowest BCUT2D eigenvalue weighted by Crippen LogP contribution is -2.12. The molecule has 2 aromatic carbocycles. The van der Waals surface area contributed by atoms with Gasteiger partial charge in [0.25, 0.3) is 5.91 Å². The van der Waals surface area contributed by atoms with E-state index in [1.54, 1.807) is 30.6 Å². The van der Waals surface area contributed by atoms with Crippen LogP contribution in [0.15, 0.2) is 77.7 Å². The van der Waals surface area contributed by atoms with Gasteiger partial charge in [0, 0.05) is 23.6 Å². The molecule has 29 heavy (non-hydrogen) atoms. The number of nitrogens with zero attached hydrogens (tertiary/aromatic N) is 2. The Hall–Kier alpha value is -3.15. The van der Waals surface area contributed by atoms with Crippen LogP contribution in [-0.4, -0.2) is 15.9 Å². The molecule has 7 heteroatoms. The third-order valence-corrected chi connectivity index (χ3v) is 5.01. The third kappa shape index (κ3) is 4.65. The predicted molar refractivity (Wildman–Crippen MR) is 113 cm³/mol. The fourth-order valence-corrected chi connectivity index (χ4v) is 3.08. The quantitative estimate of drug-likeness (QED) is 0.434. The first kappa shape index (κ1) is 19.2. The van der Waals surface area contributed by atoms with Crippen LogP contribution in [-0.2, 0) is 6.42 Å². The number of hydrogen-bond donors (Lipinski definition) is 1. The van der Waals surface area contributed by atoms with Crippen molar-refractivity contribution in [2.24, 2.45) is 0 Å². The molecule has 1 N–H and O–H groups in total. The van der Waals surface area contributed by atoms with Gasteiger partial charge in [0.1, 0.15) is 6.26 Å². The molecular weight excluding hydrogens is 409 g/mol. The van der Waals surface area contributed by atoms with Crippen LogP contribution in [0.4, 0.5) is 5.69 Å². The van der Waals surface area contributed by atoms with E-state index >= 15 is 0 Å². The van der Waals surface area contributed by atoms with Crippen LogP contribution in [0.25, 0.3) is 11.5 Å². The number of benzene rings is 2.